The van der Waals surface area contributed by atoms with E-state index in [-0.39, 0.29) is 6.04 Å². The number of nitrogens with two attached hydrogens (primary N) is 1. The van der Waals surface area contributed by atoms with Crippen molar-refractivity contribution in [3.8, 4) is 0 Å². The summed E-state index contributed by atoms with van der Waals surface area (Å²) in [6.07, 6.45) is 2.27. The summed E-state index contributed by atoms with van der Waals surface area (Å²) >= 11 is 7.78. The third kappa shape index (κ3) is 3.52. The third-order valence-electron chi connectivity index (χ3n) is 4.52. The Balaban J connectivity index is 2.18. The number of piperidine rings is 1. The molecule has 0 aromatic carbocycles. The van der Waals surface area contributed by atoms with Crippen LogP contribution >= 0.6 is 22.9 Å². The molecule has 1 fully saturated rings. The van der Waals surface area contributed by atoms with Gasteiger partial charge in [0.1, 0.15) is 0 Å². The molecule has 2 N–H and O–H groups in total. The zero-order valence-corrected chi connectivity index (χ0v) is 13.7. The van der Waals surface area contributed by atoms with Crippen LogP contribution in [0.4, 0.5) is 0 Å². The molecule has 0 bridgehead atoms. The maximum atomic E-state index is 6.39. The van der Waals surface area contributed by atoms with Crippen LogP contribution in [-0.2, 0) is 0 Å². The molecule has 2 rings (SSSR count). The van der Waals surface area contributed by atoms with Gasteiger partial charge in [0.2, 0.25) is 0 Å². The smallest absolute Gasteiger partial charge is 0.0931 e. The first-order chi connectivity index (χ1) is 9.02. The van der Waals surface area contributed by atoms with Crippen LogP contribution in [0.5, 0.6) is 0 Å². The van der Waals surface area contributed by atoms with Crippen molar-refractivity contribution < 1.29 is 0 Å². The van der Waals surface area contributed by atoms with Crippen LogP contribution in [0, 0.1) is 11.8 Å². The maximum Gasteiger partial charge on any atom is 0.0931 e. The van der Waals surface area contributed by atoms with Gasteiger partial charge in [0.15, 0.2) is 0 Å². The van der Waals surface area contributed by atoms with E-state index in [9.17, 15) is 0 Å². The standard InChI is InChI=1S/C15H25ClN2S/c1-4-12(17)15(13-5-6-14(16)19-13)18-8-7-10(2)11(3)9-18/h5-6,10-12,15H,4,7-9,17H2,1-3H3. The summed E-state index contributed by atoms with van der Waals surface area (Å²) < 4.78 is 0.863. The summed E-state index contributed by atoms with van der Waals surface area (Å²) in [7, 11) is 0. The number of hydrogen-bond donors (Lipinski definition) is 1. The number of hydrogen-bond acceptors (Lipinski definition) is 3. The predicted octanol–water partition coefficient (Wildman–Crippen LogP) is 4.16. The van der Waals surface area contributed by atoms with Gasteiger partial charge in [-0.2, -0.15) is 0 Å². The second kappa shape index (κ2) is 6.57. The summed E-state index contributed by atoms with van der Waals surface area (Å²) in [5.41, 5.74) is 6.39. The molecule has 108 valence electrons. The van der Waals surface area contributed by atoms with E-state index in [0.717, 1.165) is 35.7 Å². The zero-order chi connectivity index (χ0) is 14.0. The number of rotatable bonds is 4. The van der Waals surface area contributed by atoms with E-state index >= 15 is 0 Å². The maximum absolute atomic E-state index is 6.39. The fraction of sp³-hybridized carbons (Fsp3) is 0.733. The van der Waals surface area contributed by atoms with Crippen molar-refractivity contribution in [2.75, 3.05) is 13.1 Å². The lowest BCUT2D eigenvalue weighted by Gasteiger charge is -2.41. The molecule has 0 aliphatic carbocycles. The minimum absolute atomic E-state index is 0.190. The van der Waals surface area contributed by atoms with Gasteiger partial charge >= 0.3 is 0 Å². The molecule has 1 aromatic rings. The van der Waals surface area contributed by atoms with Crippen molar-refractivity contribution in [1.82, 2.24) is 4.90 Å². The van der Waals surface area contributed by atoms with E-state index in [1.54, 1.807) is 11.3 Å². The molecule has 2 nitrogen and oxygen atoms in total. The van der Waals surface area contributed by atoms with Crippen molar-refractivity contribution in [2.24, 2.45) is 17.6 Å². The highest BCUT2D eigenvalue weighted by atomic mass is 35.5. The lowest BCUT2D eigenvalue weighted by molar-refractivity contribution is 0.0832. The molecule has 2 heterocycles. The van der Waals surface area contributed by atoms with Crippen LogP contribution < -0.4 is 5.73 Å². The number of thiophene rings is 1. The van der Waals surface area contributed by atoms with Gasteiger partial charge in [-0.15, -0.1) is 11.3 Å². The Kier molecular flexibility index (Phi) is 5.29. The van der Waals surface area contributed by atoms with Crippen molar-refractivity contribution in [3.63, 3.8) is 0 Å². The number of likely N-dealkylation sites (tertiary alicyclic amines) is 1. The van der Waals surface area contributed by atoms with E-state index in [1.165, 1.54) is 11.3 Å². The summed E-state index contributed by atoms with van der Waals surface area (Å²) in [6, 6.07) is 4.66. The van der Waals surface area contributed by atoms with Crippen molar-refractivity contribution in [1.29, 1.82) is 0 Å². The minimum Gasteiger partial charge on any atom is -0.326 e. The van der Waals surface area contributed by atoms with Crippen LogP contribution in [0.3, 0.4) is 0 Å². The number of nitrogens with zero attached hydrogens (tertiary/aromatic N) is 1. The molecule has 4 atom stereocenters. The summed E-state index contributed by atoms with van der Waals surface area (Å²) in [4.78, 5) is 3.89. The first-order valence-electron chi connectivity index (χ1n) is 7.27. The fourth-order valence-electron chi connectivity index (χ4n) is 2.92. The lowest BCUT2D eigenvalue weighted by atomic mass is 9.87. The molecule has 1 aromatic heterocycles. The first kappa shape index (κ1) is 15.3. The zero-order valence-electron chi connectivity index (χ0n) is 12.1. The van der Waals surface area contributed by atoms with Crippen molar-refractivity contribution >= 4 is 22.9 Å². The Morgan fingerprint density at radius 3 is 2.68 bits per heavy atom. The second-order valence-electron chi connectivity index (χ2n) is 5.90. The molecule has 19 heavy (non-hydrogen) atoms. The highest BCUT2D eigenvalue weighted by Gasteiger charge is 2.32. The van der Waals surface area contributed by atoms with E-state index in [2.05, 4.69) is 31.7 Å². The third-order valence-corrected chi connectivity index (χ3v) is 5.82. The summed E-state index contributed by atoms with van der Waals surface area (Å²) in [5.74, 6) is 1.57. The molecule has 0 radical (unpaired) electrons. The SMILES string of the molecule is CCC(N)C(c1ccc(Cl)s1)N1CCC(C)C(C)C1. The minimum atomic E-state index is 0.190. The molecule has 0 saturated carbocycles. The van der Waals surface area contributed by atoms with Gasteiger partial charge in [-0.1, -0.05) is 32.4 Å². The van der Waals surface area contributed by atoms with Crippen LogP contribution in [0.2, 0.25) is 4.34 Å². The van der Waals surface area contributed by atoms with Crippen LogP contribution in [-0.4, -0.2) is 24.0 Å². The average Bonchev–Trinajstić information content (AvgIpc) is 2.80. The monoisotopic (exact) mass is 300 g/mol. The fourth-order valence-corrected chi connectivity index (χ4v) is 4.19. The largest absolute Gasteiger partial charge is 0.326 e. The highest BCUT2D eigenvalue weighted by molar-refractivity contribution is 7.16. The predicted molar refractivity (Wildman–Crippen MR) is 84.9 cm³/mol. The summed E-state index contributed by atoms with van der Waals surface area (Å²) in [5, 5.41) is 0. The van der Waals surface area contributed by atoms with Gasteiger partial charge in [-0.3, -0.25) is 4.90 Å². The van der Waals surface area contributed by atoms with Crippen LogP contribution in [0.1, 0.15) is 44.5 Å². The summed E-state index contributed by atoms with van der Waals surface area (Å²) in [6.45, 7) is 9.18. The van der Waals surface area contributed by atoms with Gasteiger partial charge in [-0.05, 0) is 43.4 Å². The topological polar surface area (TPSA) is 29.3 Å². The van der Waals surface area contributed by atoms with E-state index in [0.29, 0.717) is 6.04 Å². The quantitative estimate of drug-likeness (QED) is 0.905. The molecule has 1 aliphatic rings. The lowest BCUT2D eigenvalue weighted by Crippen LogP contribution is -2.46. The average molecular weight is 301 g/mol. The Morgan fingerprint density at radius 1 is 1.42 bits per heavy atom. The molecule has 1 aliphatic heterocycles. The van der Waals surface area contributed by atoms with Crippen LogP contribution in [0.15, 0.2) is 12.1 Å². The van der Waals surface area contributed by atoms with Crippen molar-refractivity contribution in [3.05, 3.63) is 21.3 Å². The Morgan fingerprint density at radius 2 is 2.16 bits per heavy atom. The highest BCUT2D eigenvalue weighted by Crippen LogP contribution is 2.36. The normalized spacial score (nSPS) is 28.3. The van der Waals surface area contributed by atoms with Gasteiger partial charge in [0.05, 0.1) is 10.4 Å². The molecule has 0 spiro atoms. The van der Waals surface area contributed by atoms with Gasteiger partial charge < -0.3 is 5.73 Å². The van der Waals surface area contributed by atoms with Gasteiger partial charge in [0.25, 0.3) is 0 Å². The number of halogens is 1. The van der Waals surface area contributed by atoms with E-state index in [4.69, 9.17) is 17.3 Å². The second-order valence-corrected chi connectivity index (χ2v) is 7.64. The molecular weight excluding hydrogens is 276 g/mol. The molecule has 4 unspecified atom stereocenters. The van der Waals surface area contributed by atoms with Crippen molar-refractivity contribution in [2.45, 2.75) is 45.7 Å². The molecular formula is C15H25ClN2S. The first-order valence-corrected chi connectivity index (χ1v) is 8.47. The molecule has 4 heteroatoms. The van der Waals surface area contributed by atoms with Gasteiger partial charge in [0, 0.05) is 17.5 Å². The van der Waals surface area contributed by atoms with E-state index < -0.39 is 0 Å². The Hall–Kier alpha value is -0.0900. The Labute approximate surface area is 125 Å². The van der Waals surface area contributed by atoms with Crippen LogP contribution in [0.25, 0.3) is 0 Å². The van der Waals surface area contributed by atoms with Gasteiger partial charge in [-0.25, -0.2) is 0 Å². The Bertz CT molecular complexity index is 407. The van der Waals surface area contributed by atoms with E-state index in [1.807, 2.05) is 6.07 Å². The molecule has 1 saturated heterocycles. The molecule has 0 amide bonds.